The molecular formula is C14H19NO3. The molecule has 0 aliphatic carbocycles. The quantitative estimate of drug-likeness (QED) is 0.544. The van der Waals surface area contributed by atoms with E-state index in [2.05, 4.69) is 6.92 Å². The van der Waals surface area contributed by atoms with Gasteiger partial charge in [-0.05, 0) is 24.3 Å². The average Bonchev–Trinajstić information content (AvgIpc) is 2.39. The van der Waals surface area contributed by atoms with Crippen molar-refractivity contribution in [1.82, 2.24) is 0 Å². The fraction of sp³-hybridized carbons (Fsp3) is 0.500. The van der Waals surface area contributed by atoms with Crippen molar-refractivity contribution in [3.05, 3.63) is 39.9 Å². The first-order chi connectivity index (χ1) is 8.58. The summed E-state index contributed by atoms with van der Waals surface area (Å²) in [6.45, 7) is 3.94. The molecule has 1 unspecified atom stereocenters. The van der Waals surface area contributed by atoms with Gasteiger partial charge in [-0.2, -0.15) is 0 Å². The molecule has 0 aliphatic heterocycles. The maximum absolute atomic E-state index is 11.3. The van der Waals surface area contributed by atoms with Crippen LogP contribution in [0, 0.1) is 10.1 Å². The Morgan fingerprint density at radius 1 is 1.28 bits per heavy atom. The van der Waals surface area contributed by atoms with Crippen molar-refractivity contribution < 1.29 is 9.72 Å². The molecule has 1 atom stereocenters. The zero-order valence-corrected chi connectivity index (χ0v) is 10.9. The lowest BCUT2D eigenvalue weighted by Crippen LogP contribution is -2.02. The number of carbonyl (C=O) groups is 1. The van der Waals surface area contributed by atoms with Gasteiger partial charge in [0.2, 0.25) is 0 Å². The van der Waals surface area contributed by atoms with Crippen molar-refractivity contribution in [3.8, 4) is 0 Å². The Morgan fingerprint density at radius 2 is 1.89 bits per heavy atom. The molecule has 0 bridgehead atoms. The standard InChI is InChI=1S/C14H19NO3/c1-3-11(7-10-14(16)4-2)12-5-8-13(9-6-12)15(17)18/h5-6,8-9,11H,3-4,7,10H2,1-2H3. The second kappa shape index (κ2) is 6.89. The number of nitro groups is 1. The van der Waals surface area contributed by atoms with Crippen LogP contribution in [-0.2, 0) is 4.79 Å². The maximum atomic E-state index is 11.3. The van der Waals surface area contributed by atoms with Crippen LogP contribution in [0.1, 0.15) is 51.0 Å². The summed E-state index contributed by atoms with van der Waals surface area (Å²) >= 11 is 0. The van der Waals surface area contributed by atoms with E-state index in [0.717, 1.165) is 18.4 Å². The van der Waals surface area contributed by atoms with Crippen LogP contribution in [0.25, 0.3) is 0 Å². The largest absolute Gasteiger partial charge is 0.300 e. The molecule has 18 heavy (non-hydrogen) atoms. The van der Waals surface area contributed by atoms with Crippen molar-refractivity contribution in [2.24, 2.45) is 0 Å². The van der Waals surface area contributed by atoms with Crippen molar-refractivity contribution in [1.29, 1.82) is 0 Å². The van der Waals surface area contributed by atoms with Crippen LogP contribution >= 0.6 is 0 Å². The lowest BCUT2D eigenvalue weighted by atomic mass is 9.90. The maximum Gasteiger partial charge on any atom is 0.269 e. The molecule has 1 aromatic rings. The van der Waals surface area contributed by atoms with Gasteiger partial charge in [0, 0.05) is 25.0 Å². The van der Waals surface area contributed by atoms with E-state index >= 15 is 0 Å². The summed E-state index contributed by atoms with van der Waals surface area (Å²) < 4.78 is 0. The minimum absolute atomic E-state index is 0.109. The second-order valence-electron chi connectivity index (χ2n) is 4.38. The van der Waals surface area contributed by atoms with Crippen molar-refractivity contribution in [3.63, 3.8) is 0 Å². The molecule has 0 amide bonds. The Bertz CT molecular complexity index is 412. The molecule has 4 heteroatoms. The van der Waals surface area contributed by atoms with Gasteiger partial charge in [0.25, 0.3) is 5.69 Å². The van der Waals surface area contributed by atoms with Gasteiger partial charge >= 0.3 is 0 Å². The number of Topliss-reactive ketones (excluding diaryl/α,β-unsaturated/α-hetero) is 1. The minimum atomic E-state index is -0.397. The molecule has 0 heterocycles. The third-order valence-electron chi connectivity index (χ3n) is 3.23. The smallest absolute Gasteiger partial charge is 0.269 e. The summed E-state index contributed by atoms with van der Waals surface area (Å²) in [7, 11) is 0. The minimum Gasteiger partial charge on any atom is -0.300 e. The number of ketones is 1. The number of non-ortho nitro benzene ring substituents is 1. The first kappa shape index (κ1) is 14.4. The molecule has 98 valence electrons. The summed E-state index contributed by atoms with van der Waals surface area (Å²) in [4.78, 5) is 21.5. The Hall–Kier alpha value is -1.71. The van der Waals surface area contributed by atoms with Gasteiger partial charge in [-0.1, -0.05) is 26.0 Å². The molecule has 0 fully saturated rings. The summed E-state index contributed by atoms with van der Waals surface area (Å²) in [5, 5.41) is 10.6. The SMILES string of the molecule is CCC(=O)CCC(CC)c1ccc([N+](=O)[O-])cc1. The third kappa shape index (κ3) is 3.95. The molecule has 1 aromatic carbocycles. The van der Waals surface area contributed by atoms with Crippen LogP contribution in [0.2, 0.25) is 0 Å². The topological polar surface area (TPSA) is 60.2 Å². The van der Waals surface area contributed by atoms with Gasteiger partial charge < -0.3 is 0 Å². The predicted molar refractivity (Wildman–Crippen MR) is 70.7 cm³/mol. The number of hydrogen-bond donors (Lipinski definition) is 0. The predicted octanol–water partition coefficient (Wildman–Crippen LogP) is 3.85. The summed E-state index contributed by atoms with van der Waals surface area (Å²) in [6, 6.07) is 6.64. The first-order valence-electron chi connectivity index (χ1n) is 6.34. The van der Waals surface area contributed by atoms with Crippen LogP contribution < -0.4 is 0 Å². The molecule has 0 spiro atoms. The van der Waals surface area contributed by atoms with Crippen LogP contribution in [0.4, 0.5) is 5.69 Å². The number of hydrogen-bond acceptors (Lipinski definition) is 3. The van der Waals surface area contributed by atoms with E-state index in [1.54, 1.807) is 12.1 Å². The lowest BCUT2D eigenvalue weighted by molar-refractivity contribution is -0.384. The monoisotopic (exact) mass is 249 g/mol. The molecule has 1 rings (SSSR count). The van der Waals surface area contributed by atoms with Crippen LogP contribution in [0.5, 0.6) is 0 Å². The molecule has 0 saturated heterocycles. The highest BCUT2D eigenvalue weighted by atomic mass is 16.6. The van der Waals surface area contributed by atoms with Gasteiger partial charge in [0.05, 0.1) is 4.92 Å². The van der Waals surface area contributed by atoms with Gasteiger partial charge in [0.1, 0.15) is 5.78 Å². The number of benzene rings is 1. The molecule has 0 aliphatic rings. The highest BCUT2D eigenvalue weighted by Gasteiger charge is 2.13. The number of carbonyl (C=O) groups excluding carboxylic acids is 1. The Balaban J connectivity index is 2.70. The fourth-order valence-electron chi connectivity index (χ4n) is 1.99. The summed E-state index contributed by atoms with van der Waals surface area (Å²) in [5.41, 5.74) is 1.19. The van der Waals surface area contributed by atoms with E-state index in [1.165, 1.54) is 12.1 Å². The van der Waals surface area contributed by atoms with Crippen molar-refractivity contribution >= 4 is 11.5 Å². The molecule has 0 saturated carbocycles. The molecule has 4 nitrogen and oxygen atoms in total. The van der Waals surface area contributed by atoms with Crippen LogP contribution in [0.15, 0.2) is 24.3 Å². The average molecular weight is 249 g/mol. The second-order valence-corrected chi connectivity index (χ2v) is 4.38. The Kier molecular flexibility index (Phi) is 5.49. The van der Waals surface area contributed by atoms with E-state index in [4.69, 9.17) is 0 Å². The van der Waals surface area contributed by atoms with E-state index in [1.807, 2.05) is 6.92 Å². The lowest BCUT2D eigenvalue weighted by Gasteiger charge is -2.14. The van der Waals surface area contributed by atoms with Gasteiger partial charge in [-0.3, -0.25) is 14.9 Å². The molecule has 0 N–H and O–H groups in total. The van der Waals surface area contributed by atoms with Crippen LogP contribution in [-0.4, -0.2) is 10.7 Å². The zero-order chi connectivity index (χ0) is 13.5. The van der Waals surface area contributed by atoms with E-state index in [0.29, 0.717) is 18.8 Å². The molecule has 0 aromatic heterocycles. The molecular weight excluding hydrogens is 230 g/mol. The van der Waals surface area contributed by atoms with E-state index in [9.17, 15) is 14.9 Å². The third-order valence-corrected chi connectivity index (χ3v) is 3.23. The Labute approximate surface area is 107 Å². The normalized spacial score (nSPS) is 12.1. The zero-order valence-electron chi connectivity index (χ0n) is 10.9. The number of nitrogens with zero attached hydrogens (tertiary/aromatic N) is 1. The Morgan fingerprint density at radius 3 is 2.33 bits per heavy atom. The van der Waals surface area contributed by atoms with Crippen LogP contribution in [0.3, 0.4) is 0 Å². The number of rotatable bonds is 7. The highest BCUT2D eigenvalue weighted by molar-refractivity contribution is 5.78. The van der Waals surface area contributed by atoms with Gasteiger partial charge in [-0.15, -0.1) is 0 Å². The fourth-order valence-corrected chi connectivity index (χ4v) is 1.99. The van der Waals surface area contributed by atoms with E-state index in [-0.39, 0.29) is 11.5 Å². The number of nitro benzene ring substituents is 1. The molecule has 0 radical (unpaired) electrons. The van der Waals surface area contributed by atoms with Gasteiger partial charge in [0.15, 0.2) is 0 Å². The van der Waals surface area contributed by atoms with E-state index < -0.39 is 4.92 Å². The summed E-state index contributed by atoms with van der Waals surface area (Å²) in [6.07, 6.45) is 2.93. The van der Waals surface area contributed by atoms with Crippen molar-refractivity contribution in [2.75, 3.05) is 0 Å². The van der Waals surface area contributed by atoms with Gasteiger partial charge in [-0.25, -0.2) is 0 Å². The van der Waals surface area contributed by atoms with Crippen molar-refractivity contribution in [2.45, 2.75) is 45.4 Å². The first-order valence-corrected chi connectivity index (χ1v) is 6.34. The highest BCUT2D eigenvalue weighted by Crippen LogP contribution is 2.26. The summed E-state index contributed by atoms with van der Waals surface area (Å²) in [5.74, 6) is 0.580.